The van der Waals surface area contributed by atoms with Gasteiger partial charge >= 0.3 is 19.4 Å². The second-order valence-corrected chi connectivity index (χ2v) is 14.9. The normalized spacial score (nSPS) is 26.7. The average Bonchev–Trinajstić information content (AvgIpc) is 3.25. The molecule has 3 fully saturated rings. The Balaban J connectivity index is 1.47. The lowest BCUT2D eigenvalue weighted by Crippen LogP contribution is -2.58. The third kappa shape index (κ3) is 5.90. The predicted molar refractivity (Wildman–Crippen MR) is 158 cm³/mol. The van der Waals surface area contributed by atoms with Gasteiger partial charge in [0.2, 0.25) is 11.8 Å². The van der Waals surface area contributed by atoms with E-state index in [2.05, 4.69) is 22.2 Å². The second-order valence-electron chi connectivity index (χ2n) is 13.0. The summed E-state index contributed by atoms with van der Waals surface area (Å²) in [6.45, 7) is 8.92. The van der Waals surface area contributed by atoms with E-state index in [1.54, 1.807) is 45.0 Å². The molecule has 2 aliphatic carbocycles. The van der Waals surface area contributed by atoms with Crippen LogP contribution in [0.2, 0.25) is 0 Å². The van der Waals surface area contributed by atoms with Gasteiger partial charge in [-0.1, -0.05) is 39.0 Å². The number of imidazole rings is 1. The Bertz CT molecular complexity index is 1530. The van der Waals surface area contributed by atoms with Gasteiger partial charge in [-0.05, 0) is 56.1 Å². The molecule has 3 aliphatic rings. The molecule has 43 heavy (non-hydrogen) atoms. The maximum atomic E-state index is 14.3. The molecule has 5 N–H and O–H groups in total. The van der Waals surface area contributed by atoms with E-state index in [1.165, 1.54) is 15.5 Å². The van der Waals surface area contributed by atoms with Crippen LogP contribution in [0.4, 0.5) is 4.79 Å². The van der Waals surface area contributed by atoms with Crippen LogP contribution in [-0.2, 0) is 18.9 Å². The van der Waals surface area contributed by atoms with Crippen LogP contribution in [0.1, 0.15) is 65.3 Å². The number of H-pyrrole nitrogens is 1. The number of rotatable bonds is 8. The molecule has 1 aromatic heterocycles. The lowest BCUT2D eigenvalue weighted by molar-refractivity contribution is -0.142. The van der Waals surface area contributed by atoms with Gasteiger partial charge in [-0.25, -0.2) is 9.59 Å². The zero-order valence-electron chi connectivity index (χ0n) is 24.6. The lowest BCUT2D eigenvalue weighted by Gasteiger charge is -2.35. The predicted octanol–water partition coefficient (Wildman–Crippen LogP) is 2.75. The molecule has 2 unspecified atom stereocenters. The number of aromatic amines is 1. The Morgan fingerprint density at radius 1 is 1.21 bits per heavy atom. The molecule has 234 valence electrons. The van der Waals surface area contributed by atoms with E-state index < -0.39 is 65.9 Å². The maximum Gasteiger partial charge on any atom is 0.408 e. The minimum Gasteiger partial charge on any atom is -0.446 e. The fourth-order valence-electron chi connectivity index (χ4n) is 6.46. The molecule has 2 heterocycles. The van der Waals surface area contributed by atoms with Gasteiger partial charge in [0.25, 0.3) is 0 Å². The molecule has 5 rings (SSSR count). The summed E-state index contributed by atoms with van der Waals surface area (Å²) in [6.07, 6.45) is 3.89. The Kier molecular flexibility index (Phi) is 8.12. The molecule has 13 nitrogen and oxygen atoms in total. The van der Waals surface area contributed by atoms with Crippen LogP contribution in [0.3, 0.4) is 0 Å². The van der Waals surface area contributed by atoms with Gasteiger partial charge < -0.3 is 35.0 Å². The summed E-state index contributed by atoms with van der Waals surface area (Å²) in [7, 11) is -4.79. The van der Waals surface area contributed by atoms with Gasteiger partial charge in [0.1, 0.15) is 23.5 Å². The highest BCUT2D eigenvalue weighted by atomic mass is 31.2. The molecule has 1 saturated heterocycles. The van der Waals surface area contributed by atoms with Crippen molar-refractivity contribution in [1.29, 1.82) is 0 Å². The molecule has 0 bridgehead atoms. The number of benzene rings is 1. The van der Waals surface area contributed by atoms with Crippen LogP contribution >= 0.6 is 7.60 Å². The van der Waals surface area contributed by atoms with Crippen molar-refractivity contribution in [2.24, 2.45) is 11.3 Å². The third-order valence-corrected chi connectivity index (χ3v) is 10.6. The number of hydrogen-bond acceptors (Lipinski definition) is 6. The van der Waals surface area contributed by atoms with Crippen LogP contribution in [0.25, 0.3) is 11.0 Å². The Morgan fingerprint density at radius 2 is 1.88 bits per heavy atom. The number of amides is 3. The van der Waals surface area contributed by atoms with Gasteiger partial charge in [0, 0.05) is 12.5 Å². The lowest BCUT2D eigenvalue weighted by atomic mass is 9.85. The van der Waals surface area contributed by atoms with Gasteiger partial charge in [-0.15, -0.1) is 6.58 Å². The first-order chi connectivity index (χ1) is 20.2. The average molecular weight is 618 g/mol. The van der Waals surface area contributed by atoms with E-state index in [0.29, 0.717) is 11.0 Å². The van der Waals surface area contributed by atoms with Crippen molar-refractivity contribution < 1.29 is 33.5 Å². The first kappa shape index (κ1) is 31.0. The highest BCUT2D eigenvalue weighted by Crippen LogP contribution is 2.67. The molecule has 2 aromatic rings. The summed E-state index contributed by atoms with van der Waals surface area (Å²) in [6, 6.07) is 4.16. The van der Waals surface area contributed by atoms with Crippen LogP contribution < -0.4 is 16.3 Å². The summed E-state index contributed by atoms with van der Waals surface area (Å²) in [5.74, 6) is -1.95. The minimum atomic E-state index is -4.79. The molecule has 14 heteroatoms. The first-order valence-electron chi connectivity index (χ1n) is 14.6. The topological polar surface area (TPSA) is 183 Å². The quantitative estimate of drug-likeness (QED) is 0.221. The van der Waals surface area contributed by atoms with E-state index in [4.69, 9.17) is 4.74 Å². The molecule has 3 amide bonds. The number of nitrogens with one attached hydrogen (secondary N) is 3. The molecule has 0 spiro atoms. The standard InChI is InChI=1S/C29H40N5O8P/c1-5-17-15-29(17,43(39,40)41)32-24(35)22-14-18(34-21-13-9-8-12-20(21)30-26(34)37)16-33(22)25(36)23(28(2,3)4)31-27(38)42-19-10-6-7-11-19/h5,8-9,12-13,17-19,22-23H,1,6-7,10-11,14-16H2,2-4H3,(H,30,37)(H,31,38)(H,32,35)(H2,39,40,41)/t17?,18-,22?,23-,29+/m1/s1. The fourth-order valence-corrected chi connectivity index (χ4v) is 7.68. The molecule has 1 aliphatic heterocycles. The largest absolute Gasteiger partial charge is 0.446 e. The third-order valence-electron chi connectivity index (χ3n) is 8.93. The number of ether oxygens (including phenoxy) is 1. The molecule has 5 atom stereocenters. The Hall–Kier alpha value is -3.41. The smallest absolute Gasteiger partial charge is 0.408 e. The SMILES string of the molecule is C=CC1C[C@]1(NC(=O)C1C[C@@H](n2c(=O)[nH]c3ccccc32)CN1C(=O)[C@@H](NC(=O)OC1CCCC1)C(C)(C)C)P(=O)(O)O. The van der Waals surface area contributed by atoms with Crippen molar-refractivity contribution in [3.05, 3.63) is 47.4 Å². The Labute approximate surface area is 249 Å². The van der Waals surface area contributed by atoms with Gasteiger partial charge in [0.05, 0.1) is 17.1 Å². The summed E-state index contributed by atoms with van der Waals surface area (Å²) >= 11 is 0. The molecule has 1 aromatic carbocycles. The highest BCUT2D eigenvalue weighted by Gasteiger charge is 2.66. The number of likely N-dealkylation sites (tertiary alicyclic amines) is 1. The van der Waals surface area contributed by atoms with Crippen LogP contribution in [0.15, 0.2) is 41.7 Å². The summed E-state index contributed by atoms with van der Waals surface area (Å²) in [4.78, 5) is 78.3. The van der Waals surface area contributed by atoms with Crippen molar-refractivity contribution in [1.82, 2.24) is 25.1 Å². The van der Waals surface area contributed by atoms with Crippen molar-refractivity contribution in [2.45, 2.75) is 88.8 Å². The number of alkyl carbamates (subject to hydrolysis) is 1. The van der Waals surface area contributed by atoms with Gasteiger partial charge in [0.15, 0.2) is 0 Å². The van der Waals surface area contributed by atoms with Crippen molar-refractivity contribution in [2.75, 3.05) is 6.54 Å². The first-order valence-corrected chi connectivity index (χ1v) is 16.2. The van der Waals surface area contributed by atoms with Crippen LogP contribution in [0, 0.1) is 11.3 Å². The van der Waals surface area contributed by atoms with Crippen molar-refractivity contribution >= 4 is 36.5 Å². The zero-order chi connectivity index (χ0) is 31.3. The molecule has 0 radical (unpaired) electrons. The highest BCUT2D eigenvalue weighted by molar-refractivity contribution is 7.54. The number of aromatic nitrogens is 2. The second kappa shape index (κ2) is 11.3. The maximum absolute atomic E-state index is 14.3. The van der Waals surface area contributed by atoms with Crippen molar-refractivity contribution in [3.8, 4) is 0 Å². The molecular weight excluding hydrogens is 577 g/mol. The van der Waals surface area contributed by atoms with Crippen molar-refractivity contribution in [3.63, 3.8) is 0 Å². The monoisotopic (exact) mass is 617 g/mol. The van der Waals surface area contributed by atoms with E-state index in [0.717, 1.165) is 25.7 Å². The minimum absolute atomic E-state index is 0.0116. The summed E-state index contributed by atoms with van der Waals surface area (Å²) < 4.78 is 19.5. The van der Waals surface area contributed by atoms with E-state index in [-0.39, 0.29) is 25.5 Å². The van der Waals surface area contributed by atoms with E-state index in [1.807, 2.05) is 0 Å². The van der Waals surface area contributed by atoms with E-state index in [9.17, 15) is 33.5 Å². The number of carbonyl (C=O) groups excluding carboxylic acids is 3. The summed E-state index contributed by atoms with van der Waals surface area (Å²) in [5.41, 5.74) is -0.0161. The number of fused-ring (bicyclic) bond motifs is 1. The van der Waals surface area contributed by atoms with Gasteiger partial charge in [-0.2, -0.15) is 0 Å². The van der Waals surface area contributed by atoms with Crippen LogP contribution in [-0.4, -0.2) is 72.2 Å². The molecule has 2 saturated carbocycles. The number of carbonyl (C=O) groups is 3. The number of para-hydroxylation sites is 2. The van der Waals surface area contributed by atoms with Gasteiger partial charge in [-0.3, -0.25) is 18.7 Å². The zero-order valence-corrected chi connectivity index (χ0v) is 25.5. The van der Waals surface area contributed by atoms with E-state index >= 15 is 0 Å². The summed E-state index contributed by atoms with van der Waals surface area (Å²) in [5, 5.41) is 3.46. The molecular formula is C29H40N5O8P. The Morgan fingerprint density at radius 3 is 2.49 bits per heavy atom. The fraction of sp³-hybridized carbons (Fsp3) is 0.586. The number of nitrogens with zero attached hydrogens (tertiary/aromatic N) is 2. The number of hydrogen-bond donors (Lipinski definition) is 5. The van der Waals surface area contributed by atoms with Crippen LogP contribution in [0.5, 0.6) is 0 Å².